The first-order valence-electron chi connectivity index (χ1n) is 3.85. The molecule has 0 aliphatic rings. The van der Waals surface area contributed by atoms with Crippen molar-refractivity contribution in [3.8, 4) is 0 Å². The van der Waals surface area contributed by atoms with E-state index in [1.54, 1.807) is 0 Å². The van der Waals surface area contributed by atoms with E-state index in [0.717, 1.165) is 4.68 Å². The average Bonchev–Trinajstić information content (AvgIpc) is 2.56. The lowest BCUT2D eigenvalue weighted by molar-refractivity contribution is -0.137. The average molecular weight is 211 g/mol. The van der Waals surface area contributed by atoms with Gasteiger partial charge in [0.05, 0.1) is 0 Å². The Morgan fingerprint density at radius 3 is 2.67 bits per heavy atom. The van der Waals surface area contributed by atoms with Crippen LogP contribution in [0, 0.1) is 0 Å². The fraction of sp³-hybridized carbons (Fsp3) is 0.167. The summed E-state index contributed by atoms with van der Waals surface area (Å²) < 4.78 is 0.853. The highest BCUT2D eigenvalue weighted by Gasteiger charge is 2.13. The number of aliphatic carboxylic acids is 1. The van der Waals surface area contributed by atoms with E-state index in [0.29, 0.717) is 0 Å². The molecule has 3 N–H and O–H groups in total. The second-order valence-electron chi connectivity index (χ2n) is 2.75. The number of nitrogens with one attached hydrogen (secondary N) is 2. The Bertz CT molecular complexity index is 635. The Morgan fingerprint density at radius 2 is 2.00 bits per heavy atom. The molecular formula is C6H5N5O4. The first-order valence-corrected chi connectivity index (χ1v) is 3.85. The first kappa shape index (κ1) is 9.12. The van der Waals surface area contributed by atoms with Gasteiger partial charge >= 0.3 is 5.97 Å². The summed E-state index contributed by atoms with van der Waals surface area (Å²) in [5.41, 5.74) is -1.60. The predicted molar refractivity (Wildman–Crippen MR) is 46.4 cm³/mol. The molecule has 0 aliphatic carbocycles. The van der Waals surface area contributed by atoms with Crippen LogP contribution in [0.4, 0.5) is 0 Å². The van der Waals surface area contributed by atoms with Crippen LogP contribution in [0.1, 0.15) is 0 Å². The minimum Gasteiger partial charge on any atom is -0.480 e. The number of aromatic nitrogens is 5. The third-order valence-electron chi connectivity index (χ3n) is 1.74. The molecule has 2 aromatic heterocycles. The lowest BCUT2D eigenvalue weighted by atomic mass is 10.4. The van der Waals surface area contributed by atoms with E-state index in [2.05, 4.69) is 20.5 Å². The predicted octanol–water partition coefficient (Wildman–Crippen LogP) is -2.11. The third-order valence-corrected chi connectivity index (χ3v) is 1.74. The lowest BCUT2D eigenvalue weighted by Crippen LogP contribution is -2.22. The monoisotopic (exact) mass is 211 g/mol. The van der Waals surface area contributed by atoms with Crippen LogP contribution in [-0.2, 0) is 11.3 Å². The van der Waals surface area contributed by atoms with E-state index in [9.17, 15) is 14.4 Å². The van der Waals surface area contributed by atoms with Crippen LogP contribution in [0.2, 0.25) is 0 Å². The van der Waals surface area contributed by atoms with Crippen LogP contribution < -0.4 is 11.1 Å². The number of carboxylic acid groups (broad SMARTS) is 1. The largest absolute Gasteiger partial charge is 0.480 e. The van der Waals surface area contributed by atoms with E-state index in [-0.39, 0.29) is 11.0 Å². The molecule has 15 heavy (non-hydrogen) atoms. The van der Waals surface area contributed by atoms with Gasteiger partial charge in [-0.1, -0.05) is 5.21 Å². The summed E-state index contributed by atoms with van der Waals surface area (Å²) in [4.78, 5) is 32.8. The SMILES string of the molecule is O=C(O)Cn1nnc2c(=O)[nH][nH]c(=O)c21. The normalized spacial score (nSPS) is 10.7. The second-order valence-corrected chi connectivity index (χ2v) is 2.75. The molecule has 0 bridgehead atoms. The van der Waals surface area contributed by atoms with Gasteiger partial charge in [-0.3, -0.25) is 24.6 Å². The van der Waals surface area contributed by atoms with Gasteiger partial charge in [-0.2, -0.15) is 0 Å². The summed E-state index contributed by atoms with van der Waals surface area (Å²) in [6.07, 6.45) is 0. The minimum atomic E-state index is -1.18. The number of aromatic amines is 2. The van der Waals surface area contributed by atoms with Gasteiger partial charge in [-0.15, -0.1) is 5.10 Å². The molecule has 0 radical (unpaired) electrons. The molecule has 0 amide bonds. The fourth-order valence-corrected chi connectivity index (χ4v) is 1.16. The Labute approximate surface area is 80.3 Å². The van der Waals surface area contributed by atoms with Gasteiger partial charge in [0.15, 0.2) is 11.0 Å². The van der Waals surface area contributed by atoms with E-state index in [1.807, 2.05) is 0 Å². The highest BCUT2D eigenvalue weighted by molar-refractivity contribution is 5.74. The molecule has 9 heteroatoms. The molecule has 0 saturated carbocycles. The van der Waals surface area contributed by atoms with E-state index in [1.165, 1.54) is 0 Å². The zero-order chi connectivity index (χ0) is 11.0. The van der Waals surface area contributed by atoms with E-state index in [4.69, 9.17) is 5.11 Å². The van der Waals surface area contributed by atoms with Crippen molar-refractivity contribution in [2.24, 2.45) is 0 Å². The maximum atomic E-state index is 11.3. The molecular weight excluding hydrogens is 206 g/mol. The standard InChI is InChI=1S/C6H5N5O4/c12-2(13)1-11-4-3(7-10-11)5(14)8-9-6(4)15/h1H2,(H,8,14)(H,9,15)(H,12,13). The Morgan fingerprint density at radius 1 is 1.33 bits per heavy atom. The number of hydrogen-bond donors (Lipinski definition) is 3. The number of rotatable bonds is 2. The van der Waals surface area contributed by atoms with Gasteiger partial charge in [0.2, 0.25) is 0 Å². The topological polar surface area (TPSA) is 134 Å². The quantitative estimate of drug-likeness (QED) is 0.520. The van der Waals surface area contributed by atoms with Crippen LogP contribution in [0.15, 0.2) is 9.59 Å². The molecule has 78 valence electrons. The third kappa shape index (κ3) is 1.39. The molecule has 0 fully saturated rings. The van der Waals surface area contributed by atoms with E-state index < -0.39 is 23.6 Å². The highest BCUT2D eigenvalue weighted by atomic mass is 16.4. The second kappa shape index (κ2) is 3.04. The smallest absolute Gasteiger partial charge is 0.325 e. The zero-order valence-electron chi connectivity index (χ0n) is 7.22. The van der Waals surface area contributed by atoms with E-state index >= 15 is 0 Å². The number of nitrogens with zero attached hydrogens (tertiary/aromatic N) is 3. The van der Waals surface area contributed by atoms with Gasteiger partial charge in [-0.25, -0.2) is 4.68 Å². The molecule has 2 rings (SSSR count). The summed E-state index contributed by atoms with van der Waals surface area (Å²) in [6, 6.07) is 0. The van der Waals surface area contributed by atoms with Crippen LogP contribution in [0.5, 0.6) is 0 Å². The molecule has 2 heterocycles. The van der Waals surface area contributed by atoms with Crippen LogP contribution in [-0.4, -0.2) is 36.3 Å². The summed E-state index contributed by atoms with van der Waals surface area (Å²) in [5, 5.41) is 19.4. The highest BCUT2D eigenvalue weighted by Crippen LogP contribution is 1.97. The molecule has 0 unspecified atom stereocenters. The molecule has 0 aliphatic heterocycles. The van der Waals surface area contributed by atoms with Crippen LogP contribution in [0.3, 0.4) is 0 Å². The Hall–Kier alpha value is -2.45. The molecule has 0 spiro atoms. The number of fused-ring (bicyclic) bond motifs is 1. The van der Waals surface area contributed by atoms with Gasteiger partial charge < -0.3 is 5.11 Å². The maximum Gasteiger partial charge on any atom is 0.325 e. The summed E-state index contributed by atoms with van der Waals surface area (Å²) >= 11 is 0. The number of carboxylic acids is 1. The number of H-pyrrole nitrogens is 2. The van der Waals surface area contributed by atoms with Crippen molar-refractivity contribution < 1.29 is 9.90 Å². The van der Waals surface area contributed by atoms with Crippen molar-refractivity contribution in [2.75, 3.05) is 0 Å². The van der Waals surface area contributed by atoms with Gasteiger partial charge in [0.25, 0.3) is 11.1 Å². The van der Waals surface area contributed by atoms with Crippen molar-refractivity contribution in [3.05, 3.63) is 20.7 Å². The summed E-state index contributed by atoms with van der Waals surface area (Å²) in [5.74, 6) is -1.18. The molecule has 9 nitrogen and oxygen atoms in total. The number of hydrogen-bond acceptors (Lipinski definition) is 5. The van der Waals surface area contributed by atoms with Gasteiger partial charge in [0.1, 0.15) is 6.54 Å². The molecule has 0 atom stereocenters. The molecule has 0 aromatic carbocycles. The van der Waals surface area contributed by atoms with Gasteiger partial charge in [-0.05, 0) is 0 Å². The fourth-order valence-electron chi connectivity index (χ4n) is 1.16. The van der Waals surface area contributed by atoms with Crippen molar-refractivity contribution in [2.45, 2.75) is 6.54 Å². The summed E-state index contributed by atoms with van der Waals surface area (Å²) in [6.45, 7) is -0.525. The lowest BCUT2D eigenvalue weighted by Gasteiger charge is -1.94. The van der Waals surface area contributed by atoms with Crippen molar-refractivity contribution in [3.63, 3.8) is 0 Å². The first-order chi connectivity index (χ1) is 7.09. The maximum absolute atomic E-state index is 11.3. The molecule has 0 saturated heterocycles. The number of carbonyl (C=O) groups is 1. The minimum absolute atomic E-state index is 0.152. The Kier molecular flexibility index (Phi) is 1.85. The molecule has 2 aromatic rings. The van der Waals surface area contributed by atoms with Crippen LogP contribution >= 0.6 is 0 Å². The Balaban J connectivity index is 2.79. The summed E-state index contributed by atoms with van der Waals surface area (Å²) in [7, 11) is 0. The van der Waals surface area contributed by atoms with Crippen LogP contribution in [0.25, 0.3) is 11.0 Å². The zero-order valence-corrected chi connectivity index (χ0v) is 7.22. The van der Waals surface area contributed by atoms with Gasteiger partial charge in [0, 0.05) is 0 Å². The van der Waals surface area contributed by atoms with Crippen molar-refractivity contribution in [1.29, 1.82) is 0 Å². The van der Waals surface area contributed by atoms with Crippen molar-refractivity contribution >= 4 is 17.0 Å². The van der Waals surface area contributed by atoms with Crippen molar-refractivity contribution in [1.82, 2.24) is 25.2 Å².